The first-order valence-electron chi connectivity index (χ1n) is 11.8. The number of hydrogen-bond donors (Lipinski definition) is 1. The van der Waals surface area contributed by atoms with E-state index in [2.05, 4.69) is 27.0 Å². The molecule has 1 aromatic heterocycles. The molecular formula is C24H33N5O4S. The van der Waals surface area contributed by atoms with Crippen molar-refractivity contribution >= 4 is 27.4 Å². The Balaban J connectivity index is 1.31. The highest BCUT2D eigenvalue weighted by atomic mass is 32.2. The van der Waals surface area contributed by atoms with E-state index >= 15 is 0 Å². The number of benzene rings is 1. The number of piperazine rings is 1. The van der Waals surface area contributed by atoms with Gasteiger partial charge in [0.05, 0.1) is 19.3 Å². The SMILES string of the molecule is CCc1ccc(NC(=O)C(C)N2CCN(c3ccc(S(=O)(=O)N4CCOCC4)cn3)CC2)cc1. The fraction of sp³-hybridized carbons (Fsp3) is 0.500. The Labute approximate surface area is 201 Å². The average molecular weight is 488 g/mol. The third kappa shape index (κ3) is 5.57. The van der Waals surface area contributed by atoms with Crippen LogP contribution in [-0.4, -0.2) is 87.0 Å². The van der Waals surface area contributed by atoms with Crippen molar-refractivity contribution in [1.82, 2.24) is 14.2 Å². The van der Waals surface area contributed by atoms with Crippen LogP contribution < -0.4 is 10.2 Å². The summed E-state index contributed by atoms with van der Waals surface area (Å²) in [5.41, 5.74) is 2.05. The molecule has 2 aliphatic rings. The Kier molecular flexibility index (Phi) is 7.82. The summed E-state index contributed by atoms with van der Waals surface area (Å²) in [4.78, 5) is 21.6. The molecule has 0 radical (unpaired) electrons. The molecule has 0 spiro atoms. The maximum Gasteiger partial charge on any atom is 0.244 e. The zero-order chi connectivity index (χ0) is 24.1. The summed E-state index contributed by atoms with van der Waals surface area (Å²) in [6, 6.07) is 11.1. The van der Waals surface area contributed by atoms with Gasteiger partial charge in [-0.3, -0.25) is 9.69 Å². The van der Waals surface area contributed by atoms with E-state index < -0.39 is 10.0 Å². The monoisotopic (exact) mass is 487 g/mol. The normalized spacial score (nSPS) is 19.1. The lowest BCUT2D eigenvalue weighted by Crippen LogP contribution is -2.53. The number of rotatable bonds is 7. The molecule has 1 N–H and O–H groups in total. The molecule has 0 saturated carbocycles. The van der Waals surface area contributed by atoms with Crippen LogP contribution in [0, 0.1) is 0 Å². The number of hydrogen-bond acceptors (Lipinski definition) is 7. The molecule has 4 rings (SSSR count). The van der Waals surface area contributed by atoms with E-state index in [1.807, 2.05) is 31.2 Å². The summed E-state index contributed by atoms with van der Waals surface area (Å²) in [6.07, 6.45) is 2.41. The van der Waals surface area contributed by atoms with Gasteiger partial charge in [0.15, 0.2) is 0 Å². The lowest BCUT2D eigenvalue weighted by molar-refractivity contribution is -0.120. The Hall–Kier alpha value is -2.53. The van der Waals surface area contributed by atoms with Gasteiger partial charge >= 0.3 is 0 Å². The maximum atomic E-state index is 12.8. The largest absolute Gasteiger partial charge is 0.379 e. The molecule has 1 unspecified atom stereocenters. The van der Waals surface area contributed by atoms with E-state index in [9.17, 15) is 13.2 Å². The number of aromatic nitrogens is 1. The van der Waals surface area contributed by atoms with Crippen molar-refractivity contribution in [3.05, 3.63) is 48.2 Å². The zero-order valence-electron chi connectivity index (χ0n) is 19.8. The van der Waals surface area contributed by atoms with Gasteiger partial charge in [-0.15, -0.1) is 0 Å². The van der Waals surface area contributed by atoms with Crippen LogP contribution in [0.4, 0.5) is 11.5 Å². The third-order valence-electron chi connectivity index (χ3n) is 6.52. The molecule has 0 aliphatic carbocycles. The Bertz CT molecular complexity index is 1060. The van der Waals surface area contributed by atoms with E-state index in [1.54, 1.807) is 12.1 Å². The molecule has 2 saturated heterocycles. The number of nitrogens with zero attached hydrogens (tertiary/aromatic N) is 4. The number of carbonyl (C=O) groups is 1. The van der Waals surface area contributed by atoms with Gasteiger partial charge in [-0.25, -0.2) is 13.4 Å². The Morgan fingerprint density at radius 1 is 1.03 bits per heavy atom. The van der Waals surface area contributed by atoms with Crippen molar-refractivity contribution in [2.45, 2.75) is 31.2 Å². The van der Waals surface area contributed by atoms with Crippen LogP contribution in [0.2, 0.25) is 0 Å². The molecular weight excluding hydrogens is 454 g/mol. The van der Waals surface area contributed by atoms with E-state index in [1.165, 1.54) is 16.1 Å². The molecule has 2 fully saturated rings. The fourth-order valence-electron chi connectivity index (χ4n) is 4.22. The molecule has 1 aromatic carbocycles. The minimum Gasteiger partial charge on any atom is -0.379 e. The standard InChI is InChI=1S/C24H33N5O4S/c1-3-20-4-6-21(7-5-20)26-24(30)19(2)27-10-12-28(13-11-27)23-9-8-22(18-25-23)34(31,32)29-14-16-33-17-15-29/h4-9,18-19H,3,10-17H2,1-2H3,(H,26,30). The van der Waals surface area contributed by atoms with Gasteiger partial charge in [-0.05, 0) is 43.2 Å². The second kappa shape index (κ2) is 10.8. The smallest absolute Gasteiger partial charge is 0.244 e. The van der Waals surface area contributed by atoms with Crippen LogP contribution >= 0.6 is 0 Å². The molecule has 1 atom stereocenters. The fourth-order valence-corrected chi connectivity index (χ4v) is 5.58. The summed E-state index contributed by atoms with van der Waals surface area (Å²) in [6.45, 7) is 8.45. The van der Waals surface area contributed by atoms with Crippen LogP contribution in [0.15, 0.2) is 47.5 Å². The predicted molar refractivity (Wildman–Crippen MR) is 132 cm³/mol. The first-order valence-corrected chi connectivity index (χ1v) is 13.2. The van der Waals surface area contributed by atoms with Gasteiger partial charge in [-0.1, -0.05) is 19.1 Å². The quantitative estimate of drug-likeness (QED) is 0.637. The van der Waals surface area contributed by atoms with Crippen LogP contribution in [0.5, 0.6) is 0 Å². The molecule has 3 heterocycles. The molecule has 9 nitrogen and oxygen atoms in total. The number of carbonyl (C=O) groups excluding carboxylic acids is 1. The van der Waals surface area contributed by atoms with Crippen LogP contribution in [0.25, 0.3) is 0 Å². The summed E-state index contributed by atoms with van der Waals surface area (Å²) in [5.74, 6) is 0.724. The lowest BCUT2D eigenvalue weighted by atomic mass is 10.1. The van der Waals surface area contributed by atoms with E-state index in [0.29, 0.717) is 39.4 Å². The minimum atomic E-state index is -3.55. The summed E-state index contributed by atoms with van der Waals surface area (Å²) < 4.78 is 32.3. The number of amides is 1. The average Bonchev–Trinajstić information content (AvgIpc) is 2.89. The molecule has 1 amide bonds. The van der Waals surface area contributed by atoms with Crippen molar-refractivity contribution in [2.24, 2.45) is 0 Å². The third-order valence-corrected chi connectivity index (χ3v) is 8.41. The van der Waals surface area contributed by atoms with Crippen LogP contribution in [0.3, 0.4) is 0 Å². The molecule has 2 aliphatic heterocycles. The number of anilines is 2. The zero-order valence-corrected chi connectivity index (χ0v) is 20.6. The second-order valence-electron chi connectivity index (χ2n) is 8.61. The Morgan fingerprint density at radius 2 is 1.71 bits per heavy atom. The van der Waals surface area contributed by atoms with E-state index in [-0.39, 0.29) is 16.8 Å². The topological polar surface area (TPSA) is 95.1 Å². The van der Waals surface area contributed by atoms with Crippen molar-refractivity contribution in [2.75, 3.05) is 62.7 Å². The molecule has 34 heavy (non-hydrogen) atoms. The number of morpholine rings is 1. The van der Waals surface area contributed by atoms with Gasteiger partial charge in [0.2, 0.25) is 15.9 Å². The van der Waals surface area contributed by atoms with Gasteiger partial charge < -0.3 is 15.0 Å². The van der Waals surface area contributed by atoms with Crippen molar-refractivity contribution in [1.29, 1.82) is 0 Å². The van der Waals surface area contributed by atoms with Gasteiger partial charge in [0, 0.05) is 51.2 Å². The number of sulfonamides is 1. The van der Waals surface area contributed by atoms with Crippen LogP contribution in [-0.2, 0) is 26.0 Å². The molecule has 184 valence electrons. The van der Waals surface area contributed by atoms with Crippen molar-refractivity contribution < 1.29 is 17.9 Å². The maximum absolute atomic E-state index is 12.8. The number of aryl methyl sites for hydroxylation is 1. The minimum absolute atomic E-state index is 0.0199. The van der Waals surface area contributed by atoms with E-state index in [4.69, 9.17) is 4.74 Å². The predicted octanol–water partition coefficient (Wildman–Crippen LogP) is 1.81. The summed E-state index contributed by atoms with van der Waals surface area (Å²) in [7, 11) is -3.55. The summed E-state index contributed by atoms with van der Waals surface area (Å²) >= 11 is 0. The lowest BCUT2D eigenvalue weighted by Gasteiger charge is -2.38. The number of nitrogens with one attached hydrogen (secondary N) is 1. The number of pyridine rings is 1. The van der Waals surface area contributed by atoms with Gasteiger partial charge in [0.1, 0.15) is 10.7 Å². The van der Waals surface area contributed by atoms with E-state index in [0.717, 1.165) is 31.0 Å². The molecule has 2 aromatic rings. The highest BCUT2D eigenvalue weighted by molar-refractivity contribution is 7.89. The highest BCUT2D eigenvalue weighted by Gasteiger charge is 2.28. The second-order valence-corrected chi connectivity index (χ2v) is 10.5. The van der Waals surface area contributed by atoms with Gasteiger partial charge in [-0.2, -0.15) is 4.31 Å². The molecule has 10 heteroatoms. The number of ether oxygens (including phenoxy) is 1. The van der Waals surface area contributed by atoms with Crippen molar-refractivity contribution in [3.8, 4) is 0 Å². The first-order chi connectivity index (χ1) is 16.4. The van der Waals surface area contributed by atoms with Crippen LogP contribution in [0.1, 0.15) is 19.4 Å². The van der Waals surface area contributed by atoms with Crippen molar-refractivity contribution in [3.63, 3.8) is 0 Å². The Morgan fingerprint density at radius 3 is 2.29 bits per heavy atom. The first kappa shape index (κ1) is 24.6. The molecule has 0 bridgehead atoms. The van der Waals surface area contributed by atoms with Gasteiger partial charge in [0.25, 0.3) is 0 Å². The summed E-state index contributed by atoms with van der Waals surface area (Å²) in [5, 5.41) is 3.01. The highest BCUT2D eigenvalue weighted by Crippen LogP contribution is 2.21.